The first-order chi connectivity index (χ1) is 14.9. The van der Waals surface area contributed by atoms with Gasteiger partial charge >= 0.3 is 6.03 Å². The second-order valence-corrected chi connectivity index (χ2v) is 7.99. The third-order valence-electron chi connectivity index (χ3n) is 5.78. The number of nitrogens with one attached hydrogen (secondary N) is 3. The van der Waals surface area contributed by atoms with Crippen molar-refractivity contribution in [3.05, 3.63) is 63.6 Å². The van der Waals surface area contributed by atoms with E-state index in [2.05, 4.69) is 16.0 Å². The number of urea groups is 1. The van der Waals surface area contributed by atoms with Crippen molar-refractivity contribution < 1.29 is 19.4 Å². The lowest BCUT2D eigenvalue weighted by Crippen LogP contribution is -2.58. The van der Waals surface area contributed by atoms with Gasteiger partial charge < -0.3 is 30.4 Å². The molecule has 0 saturated carbocycles. The van der Waals surface area contributed by atoms with Crippen molar-refractivity contribution in [2.45, 2.75) is 45.1 Å². The van der Waals surface area contributed by atoms with Crippen LogP contribution in [0.5, 0.6) is 5.75 Å². The van der Waals surface area contributed by atoms with Gasteiger partial charge in [-0.05, 0) is 37.0 Å². The fourth-order valence-corrected chi connectivity index (χ4v) is 4.26. The van der Waals surface area contributed by atoms with E-state index < -0.39 is 5.56 Å². The number of ether oxygens (including phenoxy) is 1. The van der Waals surface area contributed by atoms with Crippen LogP contribution >= 0.6 is 0 Å². The summed E-state index contributed by atoms with van der Waals surface area (Å²) < 4.78 is 7.03. The molecule has 0 spiro atoms. The molecule has 3 heterocycles. The van der Waals surface area contributed by atoms with Crippen molar-refractivity contribution in [2.24, 2.45) is 5.92 Å². The molecule has 3 atom stereocenters. The number of carbonyl (C=O) groups is 2. The van der Waals surface area contributed by atoms with Crippen LogP contribution in [0.3, 0.4) is 0 Å². The lowest BCUT2D eigenvalue weighted by atomic mass is 9.85. The second kappa shape index (κ2) is 8.81. The zero-order valence-electron chi connectivity index (χ0n) is 17.3. The molecule has 3 amide bonds. The van der Waals surface area contributed by atoms with E-state index >= 15 is 0 Å². The minimum atomic E-state index is -0.430. The summed E-state index contributed by atoms with van der Waals surface area (Å²) in [7, 11) is 0. The Morgan fingerprint density at radius 2 is 2.10 bits per heavy atom. The number of aromatic hydroxyl groups is 1. The highest BCUT2D eigenvalue weighted by Gasteiger charge is 2.39. The van der Waals surface area contributed by atoms with Gasteiger partial charge in [0.2, 0.25) is 5.91 Å². The van der Waals surface area contributed by atoms with E-state index in [-0.39, 0.29) is 42.4 Å². The predicted molar refractivity (Wildman–Crippen MR) is 112 cm³/mol. The van der Waals surface area contributed by atoms with E-state index in [1.165, 1.54) is 10.6 Å². The van der Waals surface area contributed by atoms with Gasteiger partial charge in [0.05, 0.1) is 6.04 Å². The second-order valence-electron chi connectivity index (χ2n) is 7.99. The van der Waals surface area contributed by atoms with Crippen molar-refractivity contribution in [1.29, 1.82) is 0 Å². The summed E-state index contributed by atoms with van der Waals surface area (Å²) in [4.78, 5) is 36.4. The van der Waals surface area contributed by atoms with Crippen LogP contribution in [-0.4, -0.2) is 34.4 Å². The van der Waals surface area contributed by atoms with Crippen LogP contribution in [-0.2, 0) is 22.6 Å². The maximum absolute atomic E-state index is 12.4. The molecule has 31 heavy (non-hydrogen) atoms. The summed E-state index contributed by atoms with van der Waals surface area (Å²) in [5, 5.41) is 18.1. The van der Waals surface area contributed by atoms with Crippen LogP contribution in [0.4, 0.5) is 4.79 Å². The molecule has 1 aromatic carbocycles. The highest BCUT2D eigenvalue weighted by atomic mass is 16.5. The molecule has 4 N–H and O–H groups in total. The van der Waals surface area contributed by atoms with Gasteiger partial charge in [-0.2, -0.15) is 0 Å². The smallest absolute Gasteiger partial charge is 0.317 e. The Morgan fingerprint density at radius 3 is 2.90 bits per heavy atom. The van der Waals surface area contributed by atoms with Crippen LogP contribution in [0.2, 0.25) is 0 Å². The van der Waals surface area contributed by atoms with Gasteiger partial charge in [0, 0.05) is 30.8 Å². The normalized spacial score (nSPS) is 22.7. The number of fused-ring (bicyclic) bond motifs is 1. The van der Waals surface area contributed by atoms with Gasteiger partial charge in [-0.25, -0.2) is 4.79 Å². The number of benzene rings is 1. The van der Waals surface area contributed by atoms with E-state index in [1.807, 2.05) is 24.3 Å². The SMILES string of the molecule is Cc1cc(O)cc(=O)n1CC(=O)NCc1cccc([C@@H]2NC(=O)N[C@H]3OCCC[C@H]32)c1. The predicted octanol–water partition coefficient (Wildman–Crippen LogP) is 1.29. The Labute approximate surface area is 179 Å². The Morgan fingerprint density at radius 1 is 1.26 bits per heavy atom. The molecule has 9 nitrogen and oxygen atoms in total. The molecular formula is C22H26N4O5. The first-order valence-electron chi connectivity index (χ1n) is 10.4. The fourth-order valence-electron chi connectivity index (χ4n) is 4.26. The lowest BCUT2D eigenvalue weighted by Gasteiger charge is -2.42. The van der Waals surface area contributed by atoms with Crippen LogP contribution < -0.4 is 21.5 Å². The first kappa shape index (κ1) is 20.9. The number of amides is 3. The van der Waals surface area contributed by atoms with Crippen LogP contribution in [0.15, 0.2) is 41.2 Å². The third-order valence-corrected chi connectivity index (χ3v) is 5.78. The van der Waals surface area contributed by atoms with E-state index in [4.69, 9.17) is 4.74 Å². The zero-order valence-corrected chi connectivity index (χ0v) is 17.3. The summed E-state index contributed by atoms with van der Waals surface area (Å²) in [6, 6.07) is 9.85. The molecular weight excluding hydrogens is 400 g/mol. The number of nitrogens with zero attached hydrogens (tertiary/aromatic N) is 1. The Bertz CT molecular complexity index is 1050. The van der Waals surface area contributed by atoms with Crippen molar-refractivity contribution in [3.63, 3.8) is 0 Å². The molecule has 2 aromatic rings. The maximum atomic E-state index is 12.4. The Balaban J connectivity index is 1.42. The first-order valence-corrected chi connectivity index (χ1v) is 10.4. The van der Waals surface area contributed by atoms with Gasteiger partial charge in [-0.3, -0.25) is 9.59 Å². The topological polar surface area (TPSA) is 122 Å². The van der Waals surface area contributed by atoms with E-state index in [0.29, 0.717) is 18.8 Å². The molecule has 2 saturated heterocycles. The standard InChI is InChI=1S/C22H26N4O5/c1-13-8-16(27)10-19(29)26(13)12-18(28)23-11-14-4-2-5-15(9-14)20-17-6-3-7-31-21(17)25-22(30)24-20/h2,4-5,8-10,17,20-21,27H,3,6-7,11-12H2,1H3,(H,23,28)(H2,24,25,30)/t17-,20-,21-/m0/s1. The molecule has 0 aliphatic carbocycles. The molecule has 2 fully saturated rings. The van der Waals surface area contributed by atoms with Crippen molar-refractivity contribution in [1.82, 2.24) is 20.5 Å². The van der Waals surface area contributed by atoms with E-state index in [1.54, 1.807) is 6.92 Å². The highest BCUT2D eigenvalue weighted by molar-refractivity contribution is 5.76. The molecule has 164 valence electrons. The fraction of sp³-hybridized carbons (Fsp3) is 0.409. The number of aryl methyl sites for hydroxylation is 1. The van der Waals surface area contributed by atoms with Crippen molar-refractivity contribution in [3.8, 4) is 5.75 Å². The minimum Gasteiger partial charge on any atom is -0.508 e. The molecule has 0 bridgehead atoms. The summed E-state index contributed by atoms with van der Waals surface area (Å²) in [5.41, 5.74) is 1.93. The summed E-state index contributed by atoms with van der Waals surface area (Å²) >= 11 is 0. The average molecular weight is 426 g/mol. The third kappa shape index (κ3) is 4.72. The largest absolute Gasteiger partial charge is 0.508 e. The van der Waals surface area contributed by atoms with E-state index in [9.17, 15) is 19.5 Å². The van der Waals surface area contributed by atoms with Gasteiger partial charge in [0.15, 0.2) is 0 Å². The zero-order chi connectivity index (χ0) is 22.0. The number of hydrogen-bond donors (Lipinski definition) is 4. The number of aromatic nitrogens is 1. The van der Waals surface area contributed by atoms with Crippen molar-refractivity contribution >= 4 is 11.9 Å². The minimum absolute atomic E-state index is 0.119. The van der Waals surface area contributed by atoms with Gasteiger partial charge in [-0.1, -0.05) is 24.3 Å². The lowest BCUT2D eigenvalue weighted by molar-refractivity contribution is -0.121. The highest BCUT2D eigenvalue weighted by Crippen LogP contribution is 2.34. The quantitative estimate of drug-likeness (QED) is 0.574. The summed E-state index contributed by atoms with van der Waals surface area (Å²) in [6.45, 7) is 2.47. The molecule has 4 rings (SSSR count). The molecule has 2 aliphatic heterocycles. The summed E-state index contributed by atoms with van der Waals surface area (Å²) in [6.07, 6.45) is 1.61. The monoisotopic (exact) mass is 426 g/mol. The van der Waals surface area contributed by atoms with Gasteiger partial charge in [-0.15, -0.1) is 0 Å². The molecule has 9 heteroatoms. The molecule has 0 unspecified atom stereocenters. The van der Waals surface area contributed by atoms with E-state index in [0.717, 1.165) is 30.0 Å². The van der Waals surface area contributed by atoms with Crippen LogP contribution in [0.1, 0.15) is 35.7 Å². The number of pyridine rings is 1. The number of hydrogen-bond acceptors (Lipinski definition) is 5. The molecule has 0 radical (unpaired) electrons. The molecule has 1 aromatic heterocycles. The number of rotatable bonds is 5. The van der Waals surface area contributed by atoms with Crippen molar-refractivity contribution in [2.75, 3.05) is 6.61 Å². The Kier molecular flexibility index (Phi) is 5.94. The Hall–Kier alpha value is -3.33. The van der Waals surface area contributed by atoms with Gasteiger partial charge in [0.25, 0.3) is 5.56 Å². The molecule has 2 aliphatic rings. The van der Waals surface area contributed by atoms with Crippen LogP contribution in [0.25, 0.3) is 0 Å². The number of carbonyl (C=O) groups excluding carboxylic acids is 2. The average Bonchev–Trinajstić information content (AvgIpc) is 2.74. The summed E-state index contributed by atoms with van der Waals surface area (Å²) in [5.74, 6) is -0.288. The van der Waals surface area contributed by atoms with Crippen LogP contribution in [0, 0.1) is 12.8 Å². The maximum Gasteiger partial charge on any atom is 0.317 e. The van der Waals surface area contributed by atoms with Gasteiger partial charge in [0.1, 0.15) is 18.5 Å².